The van der Waals surface area contributed by atoms with Gasteiger partial charge in [-0.1, -0.05) is 36.4 Å². The average Bonchev–Trinajstić information content (AvgIpc) is 2.28. The molecule has 0 aliphatic rings. The SMILES string of the molecule is CC(=O)NCCC=Cc1ccccc1CS(C)(=O)=O. The number of carbonyl (C=O) groups excluding carboxylic acids is 1. The Morgan fingerprint density at radius 1 is 1.32 bits per heavy atom. The second-order valence-electron chi connectivity index (χ2n) is 4.44. The molecule has 104 valence electrons. The van der Waals surface area contributed by atoms with Gasteiger partial charge in [0.15, 0.2) is 9.84 Å². The van der Waals surface area contributed by atoms with E-state index < -0.39 is 9.84 Å². The van der Waals surface area contributed by atoms with Crippen molar-refractivity contribution in [1.29, 1.82) is 0 Å². The molecule has 0 fully saturated rings. The van der Waals surface area contributed by atoms with Crippen molar-refractivity contribution >= 4 is 21.8 Å². The van der Waals surface area contributed by atoms with Crippen molar-refractivity contribution < 1.29 is 13.2 Å². The van der Waals surface area contributed by atoms with Gasteiger partial charge >= 0.3 is 0 Å². The lowest BCUT2D eigenvalue weighted by molar-refractivity contribution is -0.118. The van der Waals surface area contributed by atoms with Gasteiger partial charge in [-0.3, -0.25) is 4.79 Å². The van der Waals surface area contributed by atoms with Crippen LogP contribution >= 0.6 is 0 Å². The molecule has 1 N–H and O–H groups in total. The third kappa shape index (κ3) is 6.76. The largest absolute Gasteiger partial charge is 0.356 e. The molecule has 1 rings (SSSR count). The van der Waals surface area contributed by atoms with Crippen LogP contribution in [0.25, 0.3) is 6.08 Å². The molecule has 0 aromatic heterocycles. The molecule has 1 aromatic rings. The van der Waals surface area contributed by atoms with E-state index in [1.165, 1.54) is 13.2 Å². The maximum atomic E-state index is 11.3. The van der Waals surface area contributed by atoms with Crippen molar-refractivity contribution in [1.82, 2.24) is 5.32 Å². The van der Waals surface area contributed by atoms with Gasteiger partial charge in [-0.2, -0.15) is 0 Å². The molecule has 0 radical (unpaired) electrons. The Morgan fingerprint density at radius 2 is 2.00 bits per heavy atom. The summed E-state index contributed by atoms with van der Waals surface area (Å²) in [5.41, 5.74) is 1.69. The van der Waals surface area contributed by atoms with Gasteiger partial charge in [-0.25, -0.2) is 8.42 Å². The molecule has 0 saturated heterocycles. The van der Waals surface area contributed by atoms with E-state index in [9.17, 15) is 13.2 Å². The van der Waals surface area contributed by atoms with Crippen LogP contribution < -0.4 is 5.32 Å². The number of hydrogen-bond donors (Lipinski definition) is 1. The minimum absolute atomic E-state index is 0.0409. The topological polar surface area (TPSA) is 63.2 Å². The molecule has 0 bridgehead atoms. The molecular weight excluding hydrogens is 262 g/mol. The van der Waals surface area contributed by atoms with Crippen LogP contribution in [0.15, 0.2) is 30.3 Å². The molecule has 0 spiro atoms. The molecule has 0 saturated carbocycles. The van der Waals surface area contributed by atoms with Crippen molar-refractivity contribution in [3.05, 3.63) is 41.5 Å². The lowest BCUT2D eigenvalue weighted by atomic mass is 10.1. The fourth-order valence-electron chi connectivity index (χ4n) is 1.65. The number of benzene rings is 1. The van der Waals surface area contributed by atoms with E-state index in [4.69, 9.17) is 0 Å². The summed E-state index contributed by atoms with van der Waals surface area (Å²) in [5, 5.41) is 2.70. The van der Waals surface area contributed by atoms with E-state index in [0.717, 1.165) is 11.1 Å². The molecule has 0 aliphatic heterocycles. The standard InChI is InChI=1S/C14H19NO3S/c1-12(16)15-10-6-5-8-13-7-3-4-9-14(13)11-19(2,17)18/h3-5,7-9H,6,10-11H2,1-2H3,(H,15,16). The normalized spacial score (nSPS) is 11.7. The Bertz CT molecular complexity index is 562. The first-order valence-electron chi connectivity index (χ1n) is 6.05. The van der Waals surface area contributed by atoms with Crippen LogP contribution in [0.2, 0.25) is 0 Å². The predicted octanol–water partition coefficient (Wildman–Crippen LogP) is 1.77. The molecule has 4 nitrogen and oxygen atoms in total. The maximum Gasteiger partial charge on any atom is 0.216 e. The van der Waals surface area contributed by atoms with Gasteiger partial charge in [-0.05, 0) is 17.5 Å². The highest BCUT2D eigenvalue weighted by molar-refractivity contribution is 7.89. The molecule has 5 heteroatoms. The monoisotopic (exact) mass is 281 g/mol. The van der Waals surface area contributed by atoms with E-state index in [-0.39, 0.29) is 11.7 Å². The Balaban J connectivity index is 2.67. The van der Waals surface area contributed by atoms with Gasteiger partial charge in [0.1, 0.15) is 0 Å². The van der Waals surface area contributed by atoms with Gasteiger partial charge in [0.05, 0.1) is 5.75 Å². The van der Waals surface area contributed by atoms with Crippen LogP contribution in [0.3, 0.4) is 0 Å². The molecular formula is C14H19NO3S. The molecule has 0 unspecified atom stereocenters. The lowest BCUT2D eigenvalue weighted by Gasteiger charge is -2.04. The summed E-state index contributed by atoms with van der Waals surface area (Å²) in [5.74, 6) is -0.00923. The van der Waals surface area contributed by atoms with E-state index in [2.05, 4.69) is 5.32 Å². The van der Waals surface area contributed by atoms with Gasteiger partial charge in [0.2, 0.25) is 5.91 Å². The number of hydrogen-bond acceptors (Lipinski definition) is 3. The average molecular weight is 281 g/mol. The summed E-state index contributed by atoms with van der Waals surface area (Å²) in [6.07, 6.45) is 5.76. The molecule has 1 aromatic carbocycles. The van der Waals surface area contributed by atoms with E-state index in [1.54, 1.807) is 0 Å². The third-order valence-corrected chi connectivity index (χ3v) is 3.29. The first kappa shape index (κ1) is 15.4. The Morgan fingerprint density at radius 3 is 2.63 bits per heavy atom. The van der Waals surface area contributed by atoms with Gasteiger partial charge < -0.3 is 5.32 Å². The summed E-state index contributed by atoms with van der Waals surface area (Å²) < 4.78 is 22.7. The highest BCUT2D eigenvalue weighted by atomic mass is 32.2. The van der Waals surface area contributed by atoms with E-state index >= 15 is 0 Å². The number of nitrogens with one attached hydrogen (secondary N) is 1. The first-order valence-corrected chi connectivity index (χ1v) is 8.11. The zero-order valence-electron chi connectivity index (χ0n) is 11.2. The zero-order chi connectivity index (χ0) is 14.3. The molecule has 0 heterocycles. The smallest absolute Gasteiger partial charge is 0.216 e. The minimum Gasteiger partial charge on any atom is -0.356 e. The van der Waals surface area contributed by atoms with Gasteiger partial charge in [-0.15, -0.1) is 0 Å². The highest BCUT2D eigenvalue weighted by Gasteiger charge is 2.06. The van der Waals surface area contributed by atoms with Crippen molar-refractivity contribution in [3.63, 3.8) is 0 Å². The second kappa shape index (κ2) is 7.09. The molecule has 0 atom stereocenters. The van der Waals surface area contributed by atoms with Crippen LogP contribution in [0.1, 0.15) is 24.5 Å². The Labute approximate surface area is 114 Å². The van der Waals surface area contributed by atoms with E-state index in [0.29, 0.717) is 13.0 Å². The predicted molar refractivity (Wildman–Crippen MR) is 77.3 cm³/mol. The molecule has 1 amide bonds. The number of rotatable bonds is 6. The van der Waals surface area contributed by atoms with Crippen LogP contribution in [0, 0.1) is 0 Å². The minimum atomic E-state index is -3.04. The fraction of sp³-hybridized carbons (Fsp3) is 0.357. The van der Waals surface area contributed by atoms with Crippen molar-refractivity contribution in [2.75, 3.05) is 12.8 Å². The van der Waals surface area contributed by atoms with E-state index in [1.807, 2.05) is 36.4 Å². The number of sulfone groups is 1. The second-order valence-corrected chi connectivity index (χ2v) is 6.58. The number of amides is 1. The first-order chi connectivity index (χ1) is 8.88. The summed E-state index contributed by atoms with van der Waals surface area (Å²) in [7, 11) is -3.04. The van der Waals surface area contributed by atoms with Gasteiger partial charge in [0.25, 0.3) is 0 Å². The quantitative estimate of drug-likeness (QED) is 0.808. The van der Waals surface area contributed by atoms with Crippen molar-refractivity contribution in [3.8, 4) is 0 Å². The highest BCUT2D eigenvalue weighted by Crippen LogP contribution is 2.14. The number of carbonyl (C=O) groups is 1. The van der Waals surface area contributed by atoms with Crippen molar-refractivity contribution in [2.45, 2.75) is 19.1 Å². The maximum absolute atomic E-state index is 11.3. The fourth-order valence-corrected chi connectivity index (χ4v) is 2.48. The van der Waals surface area contributed by atoms with Crippen LogP contribution in [0.5, 0.6) is 0 Å². The van der Waals surface area contributed by atoms with Crippen molar-refractivity contribution in [2.24, 2.45) is 0 Å². The van der Waals surface area contributed by atoms with Crippen LogP contribution in [-0.4, -0.2) is 27.1 Å². The lowest BCUT2D eigenvalue weighted by Crippen LogP contribution is -2.20. The van der Waals surface area contributed by atoms with Gasteiger partial charge in [0, 0.05) is 19.7 Å². The summed E-state index contributed by atoms with van der Waals surface area (Å²) in [6.45, 7) is 2.06. The summed E-state index contributed by atoms with van der Waals surface area (Å²) in [6, 6.07) is 7.40. The Kier molecular flexibility index (Phi) is 5.76. The van der Waals surface area contributed by atoms with Crippen LogP contribution in [0.4, 0.5) is 0 Å². The summed E-state index contributed by atoms with van der Waals surface area (Å²) >= 11 is 0. The Hall–Kier alpha value is -1.62. The summed E-state index contributed by atoms with van der Waals surface area (Å²) in [4.78, 5) is 10.7. The third-order valence-electron chi connectivity index (χ3n) is 2.46. The molecule has 19 heavy (non-hydrogen) atoms. The van der Waals surface area contributed by atoms with Crippen LogP contribution in [-0.2, 0) is 20.4 Å². The zero-order valence-corrected chi connectivity index (χ0v) is 12.0. The molecule has 0 aliphatic carbocycles.